The first-order valence-electron chi connectivity index (χ1n) is 6.52. The van der Waals surface area contributed by atoms with E-state index in [-0.39, 0.29) is 25.3 Å². The molecule has 0 aliphatic heterocycles. The maximum atomic E-state index is 11.4. The molecule has 0 saturated heterocycles. The second-order valence-corrected chi connectivity index (χ2v) is 4.27. The number of aryl methyl sites for hydroxylation is 1. The molecule has 1 aromatic rings. The first-order chi connectivity index (χ1) is 9.17. The number of hydrogen-bond acceptors (Lipinski definition) is 3. The molecule has 0 aliphatic rings. The summed E-state index contributed by atoms with van der Waals surface area (Å²) in [5.41, 5.74) is 1.07. The van der Waals surface area contributed by atoms with E-state index in [0.29, 0.717) is 6.54 Å². The van der Waals surface area contributed by atoms with Gasteiger partial charge in [0.2, 0.25) is 0 Å². The van der Waals surface area contributed by atoms with Gasteiger partial charge in [0, 0.05) is 6.54 Å². The van der Waals surface area contributed by atoms with Crippen LogP contribution in [-0.4, -0.2) is 36.9 Å². The zero-order valence-electron chi connectivity index (χ0n) is 11.5. The molecule has 0 bridgehead atoms. The van der Waals surface area contributed by atoms with Crippen LogP contribution in [0.1, 0.15) is 18.9 Å². The SMILES string of the molecule is CCC(CNC(=O)NCCO)Oc1ccccc1C. The van der Waals surface area contributed by atoms with E-state index in [2.05, 4.69) is 10.6 Å². The van der Waals surface area contributed by atoms with Crippen LogP contribution < -0.4 is 15.4 Å². The van der Waals surface area contributed by atoms with Crippen LogP contribution in [0.4, 0.5) is 4.79 Å². The number of carbonyl (C=O) groups excluding carboxylic acids is 1. The highest BCUT2D eigenvalue weighted by molar-refractivity contribution is 5.73. The highest BCUT2D eigenvalue weighted by Crippen LogP contribution is 2.18. The lowest BCUT2D eigenvalue weighted by molar-refractivity contribution is 0.187. The molecule has 1 unspecified atom stereocenters. The van der Waals surface area contributed by atoms with Crippen molar-refractivity contribution in [2.75, 3.05) is 19.7 Å². The van der Waals surface area contributed by atoms with Crippen LogP contribution in [-0.2, 0) is 0 Å². The Bertz CT molecular complexity index is 396. The van der Waals surface area contributed by atoms with E-state index in [9.17, 15) is 4.79 Å². The van der Waals surface area contributed by atoms with Crippen LogP contribution in [0.25, 0.3) is 0 Å². The quantitative estimate of drug-likeness (QED) is 0.699. The van der Waals surface area contributed by atoms with Gasteiger partial charge in [-0.3, -0.25) is 0 Å². The Labute approximate surface area is 114 Å². The summed E-state index contributed by atoms with van der Waals surface area (Å²) < 4.78 is 5.86. The van der Waals surface area contributed by atoms with Gasteiger partial charge in [0.15, 0.2) is 0 Å². The first-order valence-corrected chi connectivity index (χ1v) is 6.52. The predicted octanol–water partition coefficient (Wildman–Crippen LogP) is 1.44. The maximum Gasteiger partial charge on any atom is 0.315 e. The van der Waals surface area contributed by atoms with Crippen LogP contribution in [0.3, 0.4) is 0 Å². The van der Waals surface area contributed by atoms with Crippen molar-refractivity contribution in [1.82, 2.24) is 10.6 Å². The largest absolute Gasteiger partial charge is 0.488 e. The van der Waals surface area contributed by atoms with Crippen LogP contribution in [0.5, 0.6) is 5.75 Å². The molecular weight excluding hydrogens is 244 g/mol. The fourth-order valence-corrected chi connectivity index (χ4v) is 1.58. The van der Waals surface area contributed by atoms with E-state index in [1.54, 1.807) is 0 Å². The smallest absolute Gasteiger partial charge is 0.315 e. The number of rotatable bonds is 7. The molecule has 19 heavy (non-hydrogen) atoms. The lowest BCUT2D eigenvalue weighted by atomic mass is 10.2. The molecule has 1 rings (SSSR count). The summed E-state index contributed by atoms with van der Waals surface area (Å²) >= 11 is 0. The van der Waals surface area contributed by atoms with E-state index in [1.807, 2.05) is 38.1 Å². The Hall–Kier alpha value is -1.75. The Morgan fingerprint density at radius 3 is 2.74 bits per heavy atom. The second-order valence-electron chi connectivity index (χ2n) is 4.27. The Morgan fingerprint density at radius 2 is 2.11 bits per heavy atom. The van der Waals surface area contributed by atoms with Crippen molar-refractivity contribution in [2.24, 2.45) is 0 Å². The van der Waals surface area contributed by atoms with Crippen molar-refractivity contribution in [3.63, 3.8) is 0 Å². The van der Waals surface area contributed by atoms with Crippen molar-refractivity contribution >= 4 is 6.03 Å². The molecule has 0 saturated carbocycles. The van der Waals surface area contributed by atoms with Crippen LogP contribution >= 0.6 is 0 Å². The molecular formula is C14H22N2O3. The fourth-order valence-electron chi connectivity index (χ4n) is 1.58. The number of ether oxygens (including phenoxy) is 1. The van der Waals surface area contributed by atoms with E-state index in [1.165, 1.54) is 0 Å². The highest BCUT2D eigenvalue weighted by atomic mass is 16.5. The van der Waals surface area contributed by atoms with Crippen LogP contribution in [0, 0.1) is 6.92 Å². The number of para-hydroxylation sites is 1. The van der Waals surface area contributed by atoms with Gasteiger partial charge in [-0.15, -0.1) is 0 Å². The average molecular weight is 266 g/mol. The fraction of sp³-hybridized carbons (Fsp3) is 0.500. The Kier molecular flexibility index (Phi) is 6.74. The van der Waals surface area contributed by atoms with Crippen molar-refractivity contribution in [2.45, 2.75) is 26.4 Å². The van der Waals surface area contributed by atoms with Gasteiger partial charge in [-0.2, -0.15) is 0 Å². The first kappa shape index (κ1) is 15.3. The summed E-state index contributed by atoms with van der Waals surface area (Å²) in [5.74, 6) is 0.840. The van der Waals surface area contributed by atoms with Gasteiger partial charge in [0.25, 0.3) is 0 Å². The molecule has 0 radical (unpaired) electrons. The summed E-state index contributed by atoms with van der Waals surface area (Å²) in [6.07, 6.45) is 0.732. The number of amides is 2. The standard InChI is InChI=1S/C14H22N2O3/c1-3-12(10-16-14(18)15-8-9-17)19-13-7-5-4-6-11(13)2/h4-7,12,17H,3,8-10H2,1-2H3,(H2,15,16,18). The topological polar surface area (TPSA) is 70.6 Å². The van der Waals surface area contributed by atoms with Gasteiger partial charge in [-0.1, -0.05) is 25.1 Å². The van der Waals surface area contributed by atoms with Gasteiger partial charge < -0.3 is 20.5 Å². The second kappa shape index (κ2) is 8.37. The van der Waals surface area contributed by atoms with Crippen molar-refractivity contribution < 1.29 is 14.6 Å². The normalized spacial score (nSPS) is 11.7. The van der Waals surface area contributed by atoms with Gasteiger partial charge in [0.05, 0.1) is 13.2 Å². The number of benzene rings is 1. The molecule has 1 aromatic carbocycles. The molecule has 0 aliphatic carbocycles. The highest BCUT2D eigenvalue weighted by Gasteiger charge is 2.11. The minimum atomic E-state index is -0.291. The molecule has 106 valence electrons. The molecule has 0 fully saturated rings. The zero-order chi connectivity index (χ0) is 14.1. The van der Waals surface area contributed by atoms with Crippen LogP contribution in [0.2, 0.25) is 0 Å². The molecule has 0 spiro atoms. The lowest BCUT2D eigenvalue weighted by Crippen LogP contribution is -2.42. The molecule has 5 heteroatoms. The number of aliphatic hydroxyl groups excluding tert-OH is 1. The third kappa shape index (κ3) is 5.61. The summed E-state index contributed by atoms with van der Waals surface area (Å²) in [4.78, 5) is 11.4. The van der Waals surface area contributed by atoms with E-state index in [0.717, 1.165) is 17.7 Å². The van der Waals surface area contributed by atoms with E-state index in [4.69, 9.17) is 9.84 Å². The summed E-state index contributed by atoms with van der Waals surface area (Å²) in [6.45, 7) is 4.62. The number of nitrogens with one attached hydrogen (secondary N) is 2. The van der Waals surface area contributed by atoms with E-state index >= 15 is 0 Å². The minimum Gasteiger partial charge on any atom is -0.488 e. The molecule has 3 N–H and O–H groups in total. The third-order valence-electron chi connectivity index (χ3n) is 2.73. The van der Waals surface area contributed by atoms with Crippen molar-refractivity contribution in [1.29, 1.82) is 0 Å². The summed E-state index contributed by atoms with van der Waals surface area (Å²) in [6, 6.07) is 7.51. The van der Waals surface area contributed by atoms with Crippen molar-refractivity contribution in [3.05, 3.63) is 29.8 Å². The molecule has 1 atom stereocenters. The van der Waals surface area contributed by atoms with E-state index < -0.39 is 0 Å². The average Bonchev–Trinajstić information content (AvgIpc) is 2.43. The number of aliphatic hydroxyl groups is 1. The van der Waals surface area contributed by atoms with Gasteiger partial charge in [0.1, 0.15) is 11.9 Å². The molecule has 5 nitrogen and oxygen atoms in total. The monoisotopic (exact) mass is 266 g/mol. The Balaban J connectivity index is 2.42. The number of carbonyl (C=O) groups is 1. The minimum absolute atomic E-state index is 0.0651. The number of urea groups is 1. The summed E-state index contributed by atoms with van der Waals surface area (Å²) in [5, 5.41) is 13.9. The van der Waals surface area contributed by atoms with Gasteiger partial charge in [-0.05, 0) is 25.0 Å². The van der Waals surface area contributed by atoms with Gasteiger partial charge in [-0.25, -0.2) is 4.79 Å². The van der Waals surface area contributed by atoms with Gasteiger partial charge >= 0.3 is 6.03 Å². The zero-order valence-corrected chi connectivity index (χ0v) is 11.5. The van der Waals surface area contributed by atoms with Crippen LogP contribution in [0.15, 0.2) is 24.3 Å². The predicted molar refractivity (Wildman–Crippen MR) is 74.4 cm³/mol. The number of hydrogen-bond donors (Lipinski definition) is 3. The molecule has 2 amide bonds. The molecule has 0 heterocycles. The Morgan fingerprint density at radius 1 is 1.37 bits per heavy atom. The maximum absolute atomic E-state index is 11.4. The summed E-state index contributed by atoms with van der Waals surface area (Å²) in [7, 11) is 0. The lowest BCUT2D eigenvalue weighted by Gasteiger charge is -2.19. The van der Waals surface area contributed by atoms with Crippen molar-refractivity contribution in [3.8, 4) is 5.75 Å². The third-order valence-corrected chi connectivity index (χ3v) is 2.73. The molecule has 0 aromatic heterocycles.